The highest BCUT2D eigenvalue weighted by Crippen LogP contribution is 2.26. The summed E-state index contributed by atoms with van der Waals surface area (Å²) in [7, 11) is 3.92. The molecule has 3 heterocycles. The number of hydrogen-bond donors (Lipinski definition) is 1. The first kappa shape index (κ1) is 18.8. The molecular formula is C16H26IN7. The molecule has 1 saturated heterocycles. The van der Waals surface area contributed by atoms with E-state index in [4.69, 9.17) is 4.99 Å². The monoisotopic (exact) mass is 443 g/mol. The zero-order valence-corrected chi connectivity index (χ0v) is 16.8. The van der Waals surface area contributed by atoms with Crippen LogP contribution in [0.2, 0.25) is 0 Å². The number of nitrogens with zero attached hydrogens (tertiary/aromatic N) is 6. The Bertz CT molecular complexity index is 676. The number of rotatable bonds is 4. The maximum atomic E-state index is 4.78. The standard InChI is InChI=1S/C16H25N7.HI/c1-4-17-16(18-10-15-5-7-19-22(15)3)23-8-6-13(12-23)14-9-20-21(2)11-14;/h5,7,9,11,13H,4,6,8,10,12H2,1-3H3,(H,17,18);1H. The van der Waals surface area contributed by atoms with Crippen LogP contribution >= 0.6 is 24.0 Å². The van der Waals surface area contributed by atoms with Crippen LogP contribution in [0, 0.1) is 0 Å². The van der Waals surface area contributed by atoms with E-state index in [0.717, 1.165) is 37.7 Å². The van der Waals surface area contributed by atoms with Crippen molar-refractivity contribution in [1.29, 1.82) is 0 Å². The molecule has 0 radical (unpaired) electrons. The zero-order valence-electron chi connectivity index (χ0n) is 14.5. The predicted molar refractivity (Wildman–Crippen MR) is 106 cm³/mol. The minimum atomic E-state index is 0. The summed E-state index contributed by atoms with van der Waals surface area (Å²) in [6, 6.07) is 2.01. The molecule has 132 valence electrons. The molecule has 1 atom stereocenters. The van der Waals surface area contributed by atoms with E-state index in [9.17, 15) is 0 Å². The molecule has 8 heteroatoms. The molecule has 0 aliphatic carbocycles. The lowest BCUT2D eigenvalue weighted by Gasteiger charge is -2.21. The van der Waals surface area contributed by atoms with Gasteiger partial charge in [-0.1, -0.05) is 0 Å². The highest BCUT2D eigenvalue weighted by molar-refractivity contribution is 14.0. The molecular weight excluding hydrogens is 417 g/mol. The average molecular weight is 443 g/mol. The van der Waals surface area contributed by atoms with Crippen molar-refractivity contribution >= 4 is 29.9 Å². The number of aromatic nitrogens is 4. The summed E-state index contributed by atoms with van der Waals surface area (Å²) >= 11 is 0. The Morgan fingerprint density at radius 2 is 2.21 bits per heavy atom. The van der Waals surface area contributed by atoms with Crippen molar-refractivity contribution in [3.63, 3.8) is 0 Å². The highest BCUT2D eigenvalue weighted by Gasteiger charge is 2.26. The smallest absolute Gasteiger partial charge is 0.194 e. The Morgan fingerprint density at radius 3 is 2.83 bits per heavy atom. The van der Waals surface area contributed by atoms with Gasteiger partial charge in [0.05, 0.1) is 18.4 Å². The molecule has 1 N–H and O–H groups in total. The van der Waals surface area contributed by atoms with Crippen LogP contribution < -0.4 is 5.32 Å². The van der Waals surface area contributed by atoms with Crippen molar-refractivity contribution in [2.24, 2.45) is 19.1 Å². The fourth-order valence-electron chi connectivity index (χ4n) is 3.01. The van der Waals surface area contributed by atoms with Crippen LogP contribution in [0.5, 0.6) is 0 Å². The quantitative estimate of drug-likeness (QED) is 0.444. The van der Waals surface area contributed by atoms with Crippen LogP contribution in [-0.2, 0) is 20.6 Å². The fourth-order valence-corrected chi connectivity index (χ4v) is 3.01. The number of aryl methyl sites for hydroxylation is 2. The Hall–Kier alpha value is -1.58. The van der Waals surface area contributed by atoms with E-state index in [0.29, 0.717) is 12.5 Å². The van der Waals surface area contributed by atoms with Gasteiger partial charge in [0.2, 0.25) is 0 Å². The number of hydrogen-bond acceptors (Lipinski definition) is 3. The molecule has 7 nitrogen and oxygen atoms in total. The minimum absolute atomic E-state index is 0. The third kappa shape index (κ3) is 4.28. The van der Waals surface area contributed by atoms with E-state index in [1.54, 1.807) is 0 Å². The molecule has 0 saturated carbocycles. The van der Waals surface area contributed by atoms with Gasteiger partial charge in [0, 0.05) is 52.0 Å². The molecule has 1 aliphatic heterocycles. The molecule has 0 bridgehead atoms. The van der Waals surface area contributed by atoms with Crippen LogP contribution in [0.25, 0.3) is 0 Å². The molecule has 1 fully saturated rings. The van der Waals surface area contributed by atoms with Crippen molar-refractivity contribution in [2.75, 3.05) is 19.6 Å². The first-order valence-corrected chi connectivity index (χ1v) is 8.16. The third-order valence-corrected chi connectivity index (χ3v) is 4.33. The molecule has 24 heavy (non-hydrogen) atoms. The number of halogens is 1. The largest absolute Gasteiger partial charge is 0.357 e. The van der Waals surface area contributed by atoms with Gasteiger partial charge in [-0.3, -0.25) is 9.36 Å². The lowest BCUT2D eigenvalue weighted by molar-refractivity contribution is 0.485. The van der Waals surface area contributed by atoms with Crippen LogP contribution in [0.3, 0.4) is 0 Å². The normalized spacial score (nSPS) is 17.9. The second kappa shape index (κ2) is 8.50. The molecule has 1 aliphatic rings. The Kier molecular flexibility index (Phi) is 6.64. The number of nitrogens with one attached hydrogen (secondary N) is 1. The van der Waals surface area contributed by atoms with E-state index in [1.165, 1.54) is 5.56 Å². The molecule has 2 aromatic rings. The third-order valence-electron chi connectivity index (χ3n) is 4.33. The van der Waals surface area contributed by atoms with Gasteiger partial charge < -0.3 is 10.2 Å². The molecule has 0 spiro atoms. The fraction of sp³-hybridized carbons (Fsp3) is 0.562. The van der Waals surface area contributed by atoms with Crippen LogP contribution in [-0.4, -0.2) is 50.1 Å². The maximum absolute atomic E-state index is 4.78. The topological polar surface area (TPSA) is 63.3 Å². The van der Waals surface area contributed by atoms with E-state index < -0.39 is 0 Å². The lowest BCUT2D eigenvalue weighted by atomic mass is 10.0. The second-order valence-corrected chi connectivity index (χ2v) is 6.00. The van der Waals surface area contributed by atoms with Gasteiger partial charge in [0.1, 0.15) is 0 Å². The predicted octanol–water partition coefficient (Wildman–Crippen LogP) is 1.73. The highest BCUT2D eigenvalue weighted by atomic mass is 127. The summed E-state index contributed by atoms with van der Waals surface area (Å²) in [6.45, 7) is 5.64. The van der Waals surface area contributed by atoms with E-state index >= 15 is 0 Å². The van der Waals surface area contributed by atoms with Gasteiger partial charge in [-0.05, 0) is 25.0 Å². The van der Waals surface area contributed by atoms with E-state index in [-0.39, 0.29) is 24.0 Å². The summed E-state index contributed by atoms with van der Waals surface area (Å²) in [6.07, 6.45) is 7.05. The maximum Gasteiger partial charge on any atom is 0.194 e. The Morgan fingerprint density at radius 1 is 1.38 bits per heavy atom. The second-order valence-electron chi connectivity index (χ2n) is 6.00. The molecule has 1 unspecified atom stereocenters. The average Bonchev–Trinajstić information content (AvgIpc) is 3.25. The van der Waals surface area contributed by atoms with Gasteiger partial charge >= 0.3 is 0 Å². The zero-order chi connectivity index (χ0) is 16.2. The van der Waals surface area contributed by atoms with Gasteiger partial charge in [0.15, 0.2) is 5.96 Å². The lowest BCUT2D eigenvalue weighted by Crippen LogP contribution is -2.40. The molecule has 2 aromatic heterocycles. The van der Waals surface area contributed by atoms with E-state index in [2.05, 4.69) is 33.5 Å². The number of guanidine groups is 1. The Balaban J connectivity index is 0.00000208. The van der Waals surface area contributed by atoms with Crippen LogP contribution in [0.4, 0.5) is 0 Å². The summed E-state index contributed by atoms with van der Waals surface area (Å²) in [5, 5.41) is 11.9. The minimum Gasteiger partial charge on any atom is -0.357 e. The molecule has 0 aromatic carbocycles. The summed E-state index contributed by atoms with van der Waals surface area (Å²) in [5.74, 6) is 1.52. The SMILES string of the molecule is CCNC(=NCc1ccnn1C)N1CCC(c2cnn(C)c2)C1.I. The number of aliphatic imine (C=N–C) groups is 1. The van der Waals surface area contributed by atoms with Crippen molar-refractivity contribution in [1.82, 2.24) is 29.8 Å². The van der Waals surface area contributed by atoms with Crippen molar-refractivity contribution < 1.29 is 0 Å². The van der Waals surface area contributed by atoms with Crippen molar-refractivity contribution in [2.45, 2.75) is 25.8 Å². The first-order valence-electron chi connectivity index (χ1n) is 8.16. The van der Waals surface area contributed by atoms with Gasteiger partial charge in [-0.15, -0.1) is 24.0 Å². The molecule has 0 amide bonds. The van der Waals surface area contributed by atoms with Crippen LogP contribution in [0.15, 0.2) is 29.6 Å². The van der Waals surface area contributed by atoms with Gasteiger partial charge in [0.25, 0.3) is 0 Å². The van der Waals surface area contributed by atoms with Crippen molar-refractivity contribution in [3.8, 4) is 0 Å². The summed E-state index contributed by atoms with van der Waals surface area (Å²) in [4.78, 5) is 7.13. The summed E-state index contributed by atoms with van der Waals surface area (Å²) < 4.78 is 3.75. The van der Waals surface area contributed by atoms with Crippen LogP contribution in [0.1, 0.15) is 30.5 Å². The Labute approximate surface area is 160 Å². The molecule has 3 rings (SSSR count). The van der Waals surface area contributed by atoms with E-state index in [1.807, 2.05) is 41.9 Å². The van der Waals surface area contributed by atoms with Crippen molar-refractivity contribution in [3.05, 3.63) is 35.9 Å². The first-order chi connectivity index (χ1) is 11.2. The van der Waals surface area contributed by atoms with Gasteiger partial charge in [-0.25, -0.2) is 4.99 Å². The van der Waals surface area contributed by atoms with Gasteiger partial charge in [-0.2, -0.15) is 10.2 Å². The summed E-state index contributed by atoms with van der Waals surface area (Å²) in [5.41, 5.74) is 2.43. The number of likely N-dealkylation sites (tertiary alicyclic amines) is 1.